The first-order chi connectivity index (χ1) is 13.0. The summed E-state index contributed by atoms with van der Waals surface area (Å²) >= 11 is 0. The smallest absolute Gasteiger partial charge is 0.243 e. The van der Waals surface area contributed by atoms with Gasteiger partial charge < -0.3 is 16.0 Å². The SMILES string of the molecule is Cc1c(NC(=O)CNc2ccccc2C(C)C)cccc1NC(=O)C1CC1. The van der Waals surface area contributed by atoms with Crippen molar-refractivity contribution in [3.63, 3.8) is 0 Å². The second kappa shape index (κ2) is 8.25. The highest BCUT2D eigenvalue weighted by atomic mass is 16.2. The second-order valence-electron chi connectivity index (χ2n) is 7.39. The number of hydrogen-bond donors (Lipinski definition) is 3. The predicted octanol–water partition coefficient (Wildman–Crippen LogP) is 4.52. The molecular weight excluding hydrogens is 338 g/mol. The molecule has 0 heterocycles. The van der Waals surface area contributed by atoms with Gasteiger partial charge in [-0.25, -0.2) is 0 Å². The monoisotopic (exact) mass is 365 g/mol. The Morgan fingerprint density at radius 2 is 1.59 bits per heavy atom. The van der Waals surface area contributed by atoms with Gasteiger partial charge in [-0.1, -0.05) is 38.1 Å². The topological polar surface area (TPSA) is 70.2 Å². The van der Waals surface area contributed by atoms with Gasteiger partial charge in [-0.2, -0.15) is 0 Å². The van der Waals surface area contributed by atoms with Gasteiger partial charge in [0.2, 0.25) is 11.8 Å². The fourth-order valence-corrected chi connectivity index (χ4v) is 3.02. The minimum absolute atomic E-state index is 0.0635. The van der Waals surface area contributed by atoms with Crippen LogP contribution >= 0.6 is 0 Å². The Hall–Kier alpha value is -2.82. The van der Waals surface area contributed by atoms with Crippen LogP contribution < -0.4 is 16.0 Å². The normalized spacial score (nSPS) is 13.3. The van der Waals surface area contributed by atoms with Crippen molar-refractivity contribution in [2.24, 2.45) is 5.92 Å². The van der Waals surface area contributed by atoms with E-state index in [0.29, 0.717) is 11.6 Å². The van der Waals surface area contributed by atoms with E-state index in [4.69, 9.17) is 0 Å². The second-order valence-corrected chi connectivity index (χ2v) is 7.39. The molecule has 0 aromatic heterocycles. The summed E-state index contributed by atoms with van der Waals surface area (Å²) in [6, 6.07) is 13.6. The lowest BCUT2D eigenvalue weighted by atomic mass is 10.0. The highest BCUT2D eigenvalue weighted by Crippen LogP contribution is 2.31. The lowest BCUT2D eigenvalue weighted by molar-refractivity contribution is -0.117. The van der Waals surface area contributed by atoms with E-state index >= 15 is 0 Å². The molecule has 1 aliphatic carbocycles. The van der Waals surface area contributed by atoms with Crippen LogP contribution in [0.15, 0.2) is 42.5 Å². The number of benzene rings is 2. The number of carbonyl (C=O) groups excluding carboxylic acids is 2. The van der Waals surface area contributed by atoms with Gasteiger partial charge in [0.25, 0.3) is 0 Å². The third-order valence-corrected chi connectivity index (χ3v) is 4.84. The molecule has 0 radical (unpaired) electrons. The largest absolute Gasteiger partial charge is 0.376 e. The Bertz CT molecular complexity index is 841. The molecule has 1 aliphatic rings. The van der Waals surface area contributed by atoms with Crippen LogP contribution in [0.1, 0.15) is 43.7 Å². The van der Waals surface area contributed by atoms with Gasteiger partial charge in [0.1, 0.15) is 0 Å². The summed E-state index contributed by atoms with van der Waals surface area (Å²) < 4.78 is 0. The number of carbonyl (C=O) groups is 2. The zero-order valence-electron chi connectivity index (χ0n) is 16.1. The van der Waals surface area contributed by atoms with Crippen molar-refractivity contribution < 1.29 is 9.59 Å². The summed E-state index contributed by atoms with van der Waals surface area (Å²) in [4.78, 5) is 24.4. The molecule has 27 heavy (non-hydrogen) atoms. The van der Waals surface area contributed by atoms with Crippen LogP contribution in [-0.2, 0) is 9.59 Å². The first-order valence-electron chi connectivity index (χ1n) is 9.49. The van der Waals surface area contributed by atoms with Crippen LogP contribution in [0.5, 0.6) is 0 Å². The molecule has 0 spiro atoms. The van der Waals surface area contributed by atoms with E-state index in [2.05, 4.69) is 35.9 Å². The maximum absolute atomic E-state index is 12.4. The van der Waals surface area contributed by atoms with E-state index in [-0.39, 0.29) is 24.3 Å². The Balaban J connectivity index is 1.62. The van der Waals surface area contributed by atoms with E-state index in [1.165, 1.54) is 5.56 Å². The molecule has 1 fully saturated rings. The molecule has 3 N–H and O–H groups in total. The van der Waals surface area contributed by atoms with Gasteiger partial charge in [-0.15, -0.1) is 0 Å². The molecule has 0 saturated heterocycles. The third-order valence-electron chi connectivity index (χ3n) is 4.84. The highest BCUT2D eigenvalue weighted by Gasteiger charge is 2.29. The average molecular weight is 365 g/mol. The van der Waals surface area contributed by atoms with E-state index in [1.807, 2.05) is 43.3 Å². The summed E-state index contributed by atoms with van der Waals surface area (Å²) in [5.41, 5.74) is 4.49. The molecule has 0 aliphatic heterocycles. The van der Waals surface area contributed by atoms with Crippen molar-refractivity contribution in [3.05, 3.63) is 53.6 Å². The standard InChI is InChI=1S/C22H27N3O2/c1-14(2)17-7-4-5-8-20(17)23-13-21(26)24-18-9-6-10-19(15(18)3)25-22(27)16-11-12-16/h4-10,14,16,23H,11-13H2,1-3H3,(H,24,26)(H,25,27). The van der Waals surface area contributed by atoms with Crippen LogP contribution in [0, 0.1) is 12.8 Å². The Morgan fingerprint density at radius 3 is 2.26 bits per heavy atom. The Kier molecular flexibility index (Phi) is 5.79. The van der Waals surface area contributed by atoms with E-state index < -0.39 is 0 Å². The fraction of sp³-hybridized carbons (Fsp3) is 0.364. The van der Waals surface area contributed by atoms with Gasteiger partial charge in [0.05, 0.1) is 6.54 Å². The maximum atomic E-state index is 12.4. The molecule has 2 aromatic carbocycles. The molecule has 3 rings (SSSR count). The number of anilines is 3. The minimum atomic E-state index is -0.123. The third kappa shape index (κ3) is 4.88. The van der Waals surface area contributed by atoms with Crippen LogP contribution in [0.4, 0.5) is 17.1 Å². The number of hydrogen-bond acceptors (Lipinski definition) is 3. The molecule has 0 bridgehead atoms. The predicted molar refractivity (Wildman–Crippen MR) is 110 cm³/mol. The number of rotatable bonds is 7. The molecule has 1 saturated carbocycles. The van der Waals surface area contributed by atoms with Crippen molar-refractivity contribution in [2.45, 2.75) is 39.5 Å². The maximum Gasteiger partial charge on any atom is 0.243 e. The summed E-state index contributed by atoms with van der Waals surface area (Å²) in [5.74, 6) is 0.467. The van der Waals surface area contributed by atoms with Crippen molar-refractivity contribution in [1.82, 2.24) is 0 Å². The Morgan fingerprint density at radius 1 is 0.963 bits per heavy atom. The molecular formula is C22H27N3O2. The highest BCUT2D eigenvalue weighted by molar-refractivity contribution is 5.98. The number of para-hydroxylation sites is 1. The van der Waals surface area contributed by atoms with E-state index in [1.54, 1.807) is 0 Å². The van der Waals surface area contributed by atoms with Gasteiger partial charge in [-0.3, -0.25) is 9.59 Å². The first kappa shape index (κ1) is 19.0. The molecule has 5 nitrogen and oxygen atoms in total. The minimum Gasteiger partial charge on any atom is -0.376 e. The number of nitrogens with one attached hydrogen (secondary N) is 3. The fourth-order valence-electron chi connectivity index (χ4n) is 3.02. The lowest BCUT2D eigenvalue weighted by Crippen LogP contribution is -2.23. The summed E-state index contributed by atoms with van der Waals surface area (Å²) in [6.07, 6.45) is 1.93. The molecule has 142 valence electrons. The summed E-state index contributed by atoms with van der Waals surface area (Å²) in [5, 5.41) is 9.11. The van der Waals surface area contributed by atoms with Crippen LogP contribution in [0.25, 0.3) is 0 Å². The lowest BCUT2D eigenvalue weighted by Gasteiger charge is -2.16. The van der Waals surface area contributed by atoms with Gasteiger partial charge in [-0.05, 0) is 55.0 Å². The molecule has 5 heteroatoms. The summed E-state index contributed by atoms with van der Waals surface area (Å²) in [7, 11) is 0. The molecule has 0 unspecified atom stereocenters. The molecule has 0 atom stereocenters. The average Bonchev–Trinajstić information content (AvgIpc) is 3.48. The van der Waals surface area contributed by atoms with Crippen LogP contribution in [0.2, 0.25) is 0 Å². The first-order valence-corrected chi connectivity index (χ1v) is 9.49. The van der Waals surface area contributed by atoms with E-state index in [9.17, 15) is 9.59 Å². The van der Waals surface area contributed by atoms with Gasteiger partial charge >= 0.3 is 0 Å². The number of amides is 2. The van der Waals surface area contributed by atoms with Crippen LogP contribution in [-0.4, -0.2) is 18.4 Å². The quantitative estimate of drug-likeness (QED) is 0.676. The molecule has 2 amide bonds. The van der Waals surface area contributed by atoms with Gasteiger partial charge in [0, 0.05) is 23.0 Å². The van der Waals surface area contributed by atoms with Crippen molar-refractivity contribution >= 4 is 28.9 Å². The van der Waals surface area contributed by atoms with Crippen LogP contribution in [0.3, 0.4) is 0 Å². The zero-order chi connectivity index (χ0) is 19.4. The van der Waals surface area contributed by atoms with E-state index in [0.717, 1.165) is 29.8 Å². The molecule has 2 aromatic rings. The summed E-state index contributed by atoms with van der Waals surface area (Å²) in [6.45, 7) is 6.35. The van der Waals surface area contributed by atoms with Crippen molar-refractivity contribution in [3.8, 4) is 0 Å². The van der Waals surface area contributed by atoms with Crippen molar-refractivity contribution in [1.29, 1.82) is 0 Å². The van der Waals surface area contributed by atoms with Crippen molar-refractivity contribution in [2.75, 3.05) is 22.5 Å². The Labute approximate surface area is 160 Å². The van der Waals surface area contributed by atoms with Gasteiger partial charge in [0.15, 0.2) is 0 Å². The zero-order valence-corrected chi connectivity index (χ0v) is 16.1.